The van der Waals surface area contributed by atoms with Crippen LogP contribution in [0.1, 0.15) is 35.2 Å². The van der Waals surface area contributed by atoms with E-state index in [1.807, 2.05) is 24.3 Å². The van der Waals surface area contributed by atoms with E-state index < -0.39 is 17.6 Å². The second kappa shape index (κ2) is 11.0. The Hall–Kier alpha value is -3.58. The summed E-state index contributed by atoms with van der Waals surface area (Å²) >= 11 is 0. The molecule has 0 aromatic heterocycles. The smallest absolute Gasteiger partial charge is 0.371 e. The Bertz CT molecular complexity index is 1120. The van der Waals surface area contributed by atoms with Crippen LogP contribution in [0, 0.1) is 6.57 Å². The first kappa shape index (κ1) is 25.5. The Balaban J connectivity index is 1.19. The molecule has 0 spiro atoms. The van der Waals surface area contributed by atoms with Crippen molar-refractivity contribution in [2.45, 2.75) is 37.5 Å². The van der Waals surface area contributed by atoms with Gasteiger partial charge in [0, 0.05) is 49.5 Å². The second-order valence-electron chi connectivity index (χ2n) is 9.16. The number of carbonyl (C=O) groups excluding carboxylic acids is 2. The monoisotopic (exact) mass is 499 g/mol. The lowest BCUT2D eigenvalue weighted by molar-refractivity contribution is -0.137. The van der Waals surface area contributed by atoms with Crippen LogP contribution in [0.15, 0.2) is 48.5 Å². The summed E-state index contributed by atoms with van der Waals surface area (Å²) < 4.78 is 38.6. The summed E-state index contributed by atoms with van der Waals surface area (Å²) in [5.41, 5.74) is 0.710. The Kier molecular flexibility index (Phi) is 7.79. The van der Waals surface area contributed by atoms with E-state index in [0.717, 1.165) is 63.3 Å². The molecule has 2 amide bonds. The number of alkyl halides is 3. The van der Waals surface area contributed by atoms with Crippen LogP contribution >= 0.6 is 0 Å². The van der Waals surface area contributed by atoms with Crippen molar-refractivity contribution >= 4 is 23.2 Å². The molecule has 0 radical (unpaired) electrons. The molecule has 36 heavy (non-hydrogen) atoms. The van der Waals surface area contributed by atoms with Crippen LogP contribution in [-0.4, -0.2) is 61.5 Å². The first-order valence-corrected chi connectivity index (χ1v) is 11.9. The van der Waals surface area contributed by atoms with E-state index in [1.165, 1.54) is 12.1 Å². The standard InChI is InChI=1S/C26H28F3N5O2/c1-30-20-5-7-22(8-6-20)33-13-10-23(11-14-33)34-12-9-21(17-34)32-24(35)16-31-25(36)18-3-2-4-19(15-18)26(27,28)29/h2-8,15,21,23H,9-14,16-17H2,(H,31,36)(H,32,35)/t21-/m1/s1. The molecule has 2 aliphatic rings. The number of rotatable bonds is 6. The van der Waals surface area contributed by atoms with Gasteiger partial charge in [0.2, 0.25) is 5.91 Å². The summed E-state index contributed by atoms with van der Waals surface area (Å²) in [5.74, 6) is -1.08. The van der Waals surface area contributed by atoms with E-state index in [0.29, 0.717) is 11.7 Å². The number of benzene rings is 2. The zero-order valence-corrected chi connectivity index (χ0v) is 19.7. The molecule has 2 aromatic carbocycles. The number of likely N-dealkylation sites (tertiary alicyclic amines) is 1. The number of nitrogens with one attached hydrogen (secondary N) is 2. The highest BCUT2D eigenvalue weighted by molar-refractivity contribution is 5.96. The number of amides is 2. The molecule has 2 aliphatic heterocycles. The van der Waals surface area contributed by atoms with Crippen molar-refractivity contribution in [2.75, 3.05) is 37.6 Å². The fourth-order valence-corrected chi connectivity index (χ4v) is 4.84. The highest BCUT2D eigenvalue weighted by Gasteiger charge is 2.32. The number of hydrogen-bond donors (Lipinski definition) is 2. The molecule has 4 rings (SSSR count). The number of piperidine rings is 1. The number of carbonyl (C=O) groups is 2. The maximum Gasteiger partial charge on any atom is 0.416 e. The normalized spacial score (nSPS) is 19.1. The van der Waals surface area contributed by atoms with Crippen molar-refractivity contribution in [3.05, 3.63) is 71.1 Å². The minimum Gasteiger partial charge on any atom is -0.371 e. The maximum absolute atomic E-state index is 12.9. The molecule has 2 saturated heterocycles. The quantitative estimate of drug-likeness (QED) is 0.593. The molecule has 7 nitrogen and oxygen atoms in total. The average Bonchev–Trinajstić information content (AvgIpc) is 3.35. The number of anilines is 1. The molecule has 2 fully saturated rings. The summed E-state index contributed by atoms with van der Waals surface area (Å²) in [5, 5.41) is 5.33. The largest absolute Gasteiger partial charge is 0.416 e. The Morgan fingerprint density at radius 3 is 2.42 bits per heavy atom. The topological polar surface area (TPSA) is 69.0 Å². The van der Waals surface area contributed by atoms with E-state index >= 15 is 0 Å². The third-order valence-electron chi connectivity index (χ3n) is 6.77. The maximum atomic E-state index is 12.9. The third kappa shape index (κ3) is 6.34. The molecular formula is C26H28F3N5O2. The van der Waals surface area contributed by atoms with Crippen LogP contribution in [0.4, 0.5) is 24.5 Å². The predicted molar refractivity (Wildman–Crippen MR) is 130 cm³/mol. The minimum atomic E-state index is -4.54. The highest BCUT2D eigenvalue weighted by atomic mass is 19.4. The summed E-state index contributed by atoms with van der Waals surface area (Å²) in [4.78, 5) is 32.7. The van der Waals surface area contributed by atoms with Crippen molar-refractivity contribution in [3.63, 3.8) is 0 Å². The van der Waals surface area contributed by atoms with Gasteiger partial charge in [0.15, 0.2) is 5.69 Å². The first-order chi connectivity index (χ1) is 17.2. The van der Waals surface area contributed by atoms with Crippen LogP contribution in [0.2, 0.25) is 0 Å². The van der Waals surface area contributed by atoms with Gasteiger partial charge >= 0.3 is 6.18 Å². The van der Waals surface area contributed by atoms with E-state index in [4.69, 9.17) is 6.57 Å². The Morgan fingerprint density at radius 2 is 1.75 bits per heavy atom. The fourth-order valence-electron chi connectivity index (χ4n) is 4.84. The lowest BCUT2D eigenvalue weighted by Crippen LogP contribution is -2.46. The molecule has 0 bridgehead atoms. The molecule has 190 valence electrons. The van der Waals surface area contributed by atoms with Crippen molar-refractivity contribution in [1.29, 1.82) is 0 Å². The van der Waals surface area contributed by atoms with E-state index in [-0.39, 0.29) is 24.1 Å². The van der Waals surface area contributed by atoms with Gasteiger partial charge in [-0.3, -0.25) is 14.5 Å². The van der Waals surface area contributed by atoms with Gasteiger partial charge < -0.3 is 15.5 Å². The molecule has 2 heterocycles. The van der Waals surface area contributed by atoms with Crippen molar-refractivity contribution < 1.29 is 22.8 Å². The van der Waals surface area contributed by atoms with E-state index in [1.54, 1.807) is 0 Å². The van der Waals surface area contributed by atoms with Gasteiger partial charge in [0.25, 0.3) is 5.91 Å². The van der Waals surface area contributed by atoms with Crippen LogP contribution in [0.5, 0.6) is 0 Å². The van der Waals surface area contributed by atoms with Crippen LogP contribution in [0.3, 0.4) is 0 Å². The van der Waals surface area contributed by atoms with Gasteiger partial charge in [-0.15, -0.1) is 0 Å². The molecule has 0 aliphatic carbocycles. The zero-order chi connectivity index (χ0) is 25.7. The van der Waals surface area contributed by atoms with Gasteiger partial charge in [-0.25, -0.2) is 4.85 Å². The van der Waals surface area contributed by atoms with Gasteiger partial charge in [-0.2, -0.15) is 13.2 Å². The first-order valence-electron chi connectivity index (χ1n) is 11.9. The lowest BCUT2D eigenvalue weighted by atomic mass is 10.0. The average molecular weight is 500 g/mol. The van der Waals surface area contributed by atoms with Gasteiger partial charge in [0.05, 0.1) is 18.7 Å². The van der Waals surface area contributed by atoms with E-state index in [9.17, 15) is 22.8 Å². The van der Waals surface area contributed by atoms with Crippen molar-refractivity contribution in [3.8, 4) is 0 Å². The Morgan fingerprint density at radius 1 is 1.03 bits per heavy atom. The SMILES string of the molecule is [C-]#[N+]c1ccc(N2CCC(N3CC[C@@H](NC(=O)CNC(=O)c4cccc(C(F)(F)F)c4)C3)CC2)cc1. The van der Waals surface area contributed by atoms with Gasteiger partial charge in [0.1, 0.15) is 0 Å². The molecule has 2 aromatic rings. The molecule has 0 unspecified atom stereocenters. The van der Waals surface area contributed by atoms with Crippen molar-refractivity contribution in [1.82, 2.24) is 15.5 Å². The summed E-state index contributed by atoms with van der Waals surface area (Å²) in [6.07, 6.45) is -1.70. The van der Waals surface area contributed by atoms with Gasteiger partial charge in [-0.05, 0) is 49.6 Å². The fraction of sp³-hybridized carbons (Fsp3) is 0.423. The van der Waals surface area contributed by atoms with Crippen LogP contribution in [-0.2, 0) is 11.0 Å². The third-order valence-corrected chi connectivity index (χ3v) is 6.77. The van der Waals surface area contributed by atoms with E-state index in [2.05, 4.69) is 25.3 Å². The molecular weight excluding hydrogens is 471 g/mol. The molecule has 2 N–H and O–H groups in total. The number of nitrogens with zero attached hydrogens (tertiary/aromatic N) is 3. The minimum absolute atomic E-state index is 0.0258. The summed E-state index contributed by atoms with van der Waals surface area (Å²) in [7, 11) is 0. The summed E-state index contributed by atoms with van der Waals surface area (Å²) in [6, 6.07) is 12.2. The molecule has 1 atom stereocenters. The molecule has 10 heteroatoms. The van der Waals surface area contributed by atoms with Crippen LogP contribution < -0.4 is 15.5 Å². The predicted octanol–water partition coefficient (Wildman–Crippen LogP) is 3.85. The Labute approximate surface area is 208 Å². The second-order valence-corrected chi connectivity index (χ2v) is 9.16. The molecule has 0 saturated carbocycles. The highest BCUT2D eigenvalue weighted by Crippen LogP contribution is 2.29. The summed E-state index contributed by atoms with van der Waals surface area (Å²) in [6.45, 7) is 10.2. The lowest BCUT2D eigenvalue weighted by Gasteiger charge is -2.38. The number of hydrogen-bond acceptors (Lipinski definition) is 4. The van der Waals surface area contributed by atoms with Crippen molar-refractivity contribution in [2.24, 2.45) is 0 Å². The zero-order valence-electron chi connectivity index (χ0n) is 19.7. The number of halogens is 3. The van der Waals surface area contributed by atoms with Crippen LogP contribution in [0.25, 0.3) is 4.85 Å². The van der Waals surface area contributed by atoms with Gasteiger partial charge in [-0.1, -0.05) is 18.2 Å².